The molecule has 1 fully saturated rings. The lowest BCUT2D eigenvalue weighted by Gasteiger charge is -2.23. The van der Waals surface area contributed by atoms with Crippen molar-refractivity contribution in [1.29, 1.82) is 0 Å². The number of rotatable bonds is 5. The standard InChI is InChI=1S/C18H30N4O2S/c1-5-19-17(21-18(2,3)4)20-14-15-8-10-16(11-9-15)25(23,24)22-12-6-7-13-22/h8-11H,5-7,12-14H2,1-4H3,(H2,19,20,21). The number of nitrogens with one attached hydrogen (secondary N) is 2. The minimum absolute atomic E-state index is 0.0747. The van der Waals surface area contributed by atoms with Gasteiger partial charge in [-0.1, -0.05) is 12.1 Å². The summed E-state index contributed by atoms with van der Waals surface area (Å²) in [5.74, 6) is 0.753. The lowest BCUT2D eigenvalue weighted by atomic mass is 10.1. The molecular weight excluding hydrogens is 336 g/mol. The Labute approximate surface area is 151 Å². The van der Waals surface area contributed by atoms with Crippen molar-refractivity contribution in [2.45, 2.75) is 57.5 Å². The second kappa shape index (κ2) is 8.19. The molecule has 0 radical (unpaired) electrons. The highest BCUT2D eigenvalue weighted by atomic mass is 32.2. The molecule has 0 spiro atoms. The molecule has 140 valence electrons. The van der Waals surface area contributed by atoms with Crippen LogP contribution in [-0.2, 0) is 16.6 Å². The molecule has 1 aromatic carbocycles. The molecule has 0 amide bonds. The van der Waals surface area contributed by atoms with Gasteiger partial charge < -0.3 is 10.6 Å². The van der Waals surface area contributed by atoms with E-state index in [1.807, 2.05) is 19.1 Å². The van der Waals surface area contributed by atoms with Crippen LogP contribution in [0.15, 0.2) is 34.2 Å². The van der Waals surface area contributed by atoms with Crippen LogP contribution in [-0.4, -0.2) is 43.9 Å². The lowest BCUT2D eigenvalue weighted by Crippen LogP contribution is -2.47. The number of hydrogen-bond donors (Lipinski definition) is 2. The van der Waals surface area contributed by atoms with E-state index in [4.69, 9.17) is 0 Å². The normalized spacial score (nSPS) is 16.9. The zero-order valence-electron chi connectivity index (χ0n) is 15.7. The molecule has 2 N–H and O–H groups in total. The Morgan fingerprint density at radius 2 is 1.76 bits per heavy atom. The predicted octanol–water partition coefficient (Wildman–Crippen LogP) is 2.32. The summed E-state index contributed by atoms with van der Waals surface area (Å²) in [7, 11) is -3.35. The second-order valence-corrected chi connectivity index (χ2v) is 9.26. The second-order valence-electron chi connectivity index (χ2n) is 7.33. The van der Waals surface area contributed by atoms with E-state index < -0.39 is 10.0 Å². The summed E-state index contributed by atoms with van der Waals surface area (Å²) in [4.78, 5) is 4.94. The maximum absolute atomic E-state index is 12.5. The van der Waals surface area contributed by atoms with E-state index in [9.17, 15) is 8.42 Å². The van der Waals surface area contributed by atoms with Gasteiger partial charge in [-0.3, -0.25) is 0 Å². The van der Waals surface area contributed by atoms with Gasteiger partial charge in [0.05, 0.1) is 11.4 Å². The number of nitrogens with zero attached hydrogens (tertiary/aromatic N) is 2. The fourth-order valence-electron chi connectivity index (χ4n) is 2.68. The fraction of sp³-hybridized carbons (Fsp3) is 0.611. The number of hydrogen-bond acceptors (Lipinski definition) is 3. The van der Waals surface area contributed by atoms with Gasteiger partial charge in [-0.2, -0.15) is 4.31 Å². The van der Waals surface area contributed by atoms with Gasteiger partial charge in [-0.05, 0) is 58.2 Å². The molecule has 1 aromatic rings. The molecule has 0 aromatic heterocycles. The summed E-state index contributed by atoms with van der Waals surface area (Å²) < 4.78 is 26.6. The minimum atomic E-state index is -3.35. The van der Waals surface area contributed by atoms with Crippen LogP contribution in [0.5, 0.6) is 0 Å². The molecule has 6 nitrogen and oxygen atoms in total. The summed E-state index contributed by atoms with van der Waals surface area (Å²) in [5, 5.41) is 6.55. The highest BCUT2D eigenvalue weighted by molar-refractivity contribution is 7.89. The summed E-state index contributed by atoms with van der Waals surface area (Å²) >= 11 is 0. The summed E-state index contributed by atoms with van der Waals surface area (Å²) in [6, 6.07) is 7.05. The maximum Gasteiger partial charge on any atom is 0.243 e. The third kappa shape index (κ3) is 5.71. The van der Waals surface area contributed by atoms with E-state index in [0.29, 0.717) is 24.5 Å². The van der Waals surface area contributed by atoms with Crippen LogP contribution in [0.1, 0.15) is 46.1 Å². The summed E-state index contributed by atoms with van der Waals surface area (Å²) in [6.45, 7) is 10.8. The summed E-state index contributed by atoms with van der Waals surface area (Å²) in [6.07, 6.45) is 1.89. The number of sulfonamides is 1. The molecule has 1 saturated heterocycles. The van der Waals surface area contributed by atoms with E-state index in [-0.39, 0.29) is 5.54 Å². The fourth-order valence-corrected chi connectivity index (χ4v) is 4.19. The van der Waals surface area contributed by atoms with Crippen LogP contribution < -0.4 is 10.6 Å². The topological polar surface area (TPSA) is 73.8 Å². The van der Waals surface area contributed by atoms with E-state index >= 15 is 0 Å². The van der Waals surface area contributed by atoms with E-state index in [0.717, 1.165) is 30.9 Å². The average molecular weight is 367 g/mol. The molecule has 0 atom stereocenters. The maximum atomic E-state index is 12.5. The molecule has 2 rings (SSSR count). The Hall–Kier alpha value is -1.60. The molecule has 1 heterocycles. The Bertz CT molecular complexity index is 685. The molecule has 1 aliphatic heterocycles. The smallest absolute Gasteiger partial charge is 0.243 e. The van der Waals surface area contributed by atoms with Crippen molar-refractivity contribution in [3.8, 4) is 0 Å². The van der Waals surface area contributed by atoms with Crippen molar-refractivity contribution in [3.63, 3.8) is 0 Å². The first kappa shape index (κ1) is 19.7. The zero-order valence-corrected chi connectivity index (χ0v) is 16.5. The number of guanidine groups is 1. The molecule has 0 bridgehead atoms. The van der Waals surface area contributed by atoms with Crippen LogP contribution >= 0.6 is 0 Å². The number of benzene rings is 1. The van der Waals surface area contributed by atoms with Crippen molar-refractivity contribution in [2.75, 3.05) is 19.6 Å². The molecule has 1 aliphatic rings. The molecule has 0 unspecified atom stereocenters. The van der Waals surface area contributed by atoms with Crippen LogP contribution in [0.4, 0.5) is 0 Å². The monoisotopic (exact) mass is 366 g/mol. The van der Waals surface area contributed by atoms with Crippen molar-refractivity contribution in [2.24, 2.45) is 4.99 Å². The highest BCUT2D eigenvalue weighted by Crippen LogP contribution is 2.21. The number of aliphatic imine (C=N–C) groups is 1. The summed E-state index contributed by atoms with van der Waals surface area (Å²) in [5.41, 5.74) is 0.903. The molecule has 7 heteroatoms. The quantitative estimate of drug-likeness (QED) is 0.620. The third-order valence-corrected chi connectivity index (χ3v) is 5.80. The molecule has 0 aliphatic carbocycles. The Balaban J connectivity index is 2.07. The van der Waals surface area contributed by atoms with Gasteiger partial charge in [-0.15, -0.1) is 0 Å². The molecular formula is C18H30N4O2S. The van der Waals surface area contributed by atoms with E-state index in [2.05, 4.69) is 36.4 Å². The Kier molecular flexibility index (Phi) is 6.46. The van der Waals surface area contributed by atoms with E-state index in [1.165, 1.54) is 0 Å². The third-order valence-electron chi connectivity index (χ3n) is 3.88. The lowest BCUT2D eigenvalue weighted by molar-refractivity contribution is 0.477. The predicted molar refractivity (Wildman–Crippen MR) is 102 cm³/mol. The first-order valence-electron chi connectivity index (χ1n) is 8.88. The first-order valence-corrected chi connectivity index (χ1v) is 10.3. The van der Waals surface area contributed by atoms with Gasteiger partial charge in [0, 0.05) is 25.2 Å². The first-order chi connectivity index (χ1) is 11.7. The highest BCUT2D eigenvalue weighted by Gasteiger charge is 2.26. The van der Waals surface area contributed by atoms with Crippen molar-refractivity contribution in [3.05, 3.63) is 29.8 Å². The Morgan fingerprint density at radius 1 is 1.16 bits per heavy atom. The average Bonchev–Trinajstić information content (AvgIpc) is 3.07. The van der Waals surface area contributed by atoms with Crippen LogP contribution in [0.3, 0.4) is 0 Å². The van der Waals surface area contributed by atoms with Crippen molar-refractivity contribution < 1.29 is 8.42 Å². The van der Waals surface area contributed by atoms with Gasteiger partial charge in [0.1, 0.15) is 0 Å². The largest absolute Gasteiger partial charge is 0.357 e. The van der Waals surface area contributed by atoms with Gasteiger partial charge in [0.25, 0.3) is 0 Å². The van der Waals surface area contributed by atoms with Gasteiger partial charge in [-0.25, -0.2) is 13.4 Å². The van der Waals surface area contributed by atoms with Crippen molar-refractivity contribution in [1.82, 2.24) is 14.9 Å². The van der Waals surface area contributed by atoms with Crippen LogP contribution in [0.25, 0.3) is 0 Å². The molecule has 25 heavy (non-hydrogen) atoms. The van der Waals surface area contributed by atoms with Crippen LogP contribution in [0.2, 0.25) is 0 Å². The zero-order chi connectivity index (χ0) is 18.5. The van der Waals surface area contributed by atoms with Gasteiger partial charge in [0.15, 0.2) is 5.96 Å². The SMILES string of the molecule is CCNC(=NCc1ccc(S(=O)(=O)N2CCCC2)cc1)NC(C)(C)C. The van der Waals surface area contributed by atoms with Crippen LogP contribution in [0, 0.1) is 0 Å². The molecule has 0 saturated carbocycles. The van der Waals surface area contributed by atoms with Gasteiger partial charge in [0.2, 0.25) is 10.0 Å². The van der Waals surface area contributed by atoms with Crippen molar-refractivity contribution >= 4 is 16.0 Å². The van der Waals surface area contributed by atoms with E-state index in [1.54, 1.807) is 16.4 Å². The Morgan fingerprint density at radius 3 is 2.28 bits per heavy atom. The van der Waals surface area contributed by atoms with Gasteiger partial charge >= 0.3 is 0 Å². The minimum Gasteiger partial charge on any atom is -0.357 e.